The molecular weight excluding hydrogens is 294 g/mol. The van der Waals surface area contributed by atoms with Crippen LogP contribution >= 0.6 is 0 Å². The van der Waals surface area contributed by atoms with Gasteiger partial charge in [-0.05, 0) is 30.7 Å². The molecule has 1 amide bonds. The second-order valence-electron chi connectivity index (χ2n) is 6.21. The zero-order valence-electron chi connectivity index (χ0n) is 13.1. The Hall–Kier alpha value is -2.30. The number of para-hydroxylation sites is 1. The van der Waals surface area contributed by atoms with E-state index in [0.29, 0.717) is 12.3 Å². The van der Waals surface area contributed by atoms with Crippen LogP contribution in [0.25, 0.3) is 0 Å². The summed E-state index contributed by atoms with van der Waals surface area (Å²) in [5, 5.41) is 12.4. The van der Waals surface area contributed by atoms with Crippen molar-refractivity contribution in [2.24, 2.45) is 23.7 Å². The highest BCUT2D eigenvalue weighted by Crippen LogP contribution is 2.45. The number of aliphatic carboxylic acids is 1. The number of carbonyl (C=O) groups is 2. The van der Waals surface area contributed by atoms with Gasteiger partial charge in [-0.25, -0.2) is 0 Å². The molecule has 0 aromatic heterocycles. The van der Waals surface area contributed by atoms with E-state index in [2.05, 4.69) is 5.32 Å². The molecule has 1 aromatic carbocycles. The van der Waals surface area contributed by atoms with Crippen molar-refractivity contribution in [3.05, 3.63) is 42.0 Å². The Bertz CT molecular complexity index is 640. The first-order chi connectivity index (χ1) is 11.1. The van der Waals surface area contributed by atoms with Crippen molar-refractivity contribution in [3.8, 4) is 5.75 Å². The number of carboxylic acids is 1. The normalized spacial score (nSPS) is 28.4. The monoisotopic (exact) mass is 315 g/mol. The quantitative estimate of drug-likeness (QED) is 0.817. The number of amides is 1. The molecule has 0 unspecified atom stereocenters. The highest BCUT2D eigenvalue weighted by Gasteiger charge is 2.48. The molecule has 5 nitrogen and oxygen atoms in total. The molecule has 1 fully saturated rings. The average Bonchev–Trinajstić information content (AvgIpc) is 2.59. The van der Waals surface area contributed by atoms with E-state index in [0.717, 1.165) is 18.4 Å². The first kappa shape index (κ1) is 15.6. The Kier molecular flexibility index (Phi) is 4.37. The number of ether oxygens (including phenoxy) is 1. The molecule has 1 aromatic rings. The number of allylic oxidation sites excluding steroid dienone is 2. The molecule has 23 heavy (non-hydrogen) atoms. The molecule has 0 radical (unpaired) electrons. The van der Waals surface area contributed by atoms with Gasteiger partial charge in [0, 0.05) is 12.1 Å². The average molecular weight is 315 g/mol. The lowest BCUT2D eigenvalue weighted by molar-refractivity contribution is -0.153. The molecule has 0 spiro atoms. The van der Waals surface area contributed by atoms with E-state index < -0.39 is 17.8 Å². The number of carboxylic acid groups (broad SMARTS) is 1. The van der Waals surface area contributed by atoms with Crippen LogP contribution in [0.4, 0.5) is 0 Å². The van der Waals surface area contributed by atoms with Gasteiger partial charge in [-0.2, -0.15) is 0 Å². The van der Waals surface area contributed by atoms with E-state index >= 15 is 0 Å². The van der Waals surface area contributed by atoms with Gasteiger partial charge < -0.3 is 15.2 Å². The van der Waals surface area contributed by atoms with Crippen LogP contribution in [-0.4, -0.2) is 24.1 Å². The molecule has 2 bridgehead atoms. The molecule has 0 saturated heterocycles. The second-order valence-corrected chi connectivity index (χ2v) is 6.21. The van der Waals surface area contributed by atoms with Gasteiger partial charge in [0.2, 0.25) is 5.91 Å². The number of hydrogen-bond acceptors (Lipinski definition) is 3. The highest BCUT2D eigenvalue weighted by molar-refractivity contribution is 5.86. The Labute approximate surface area is 135 Å². The van der Waals surface area contributed by atoms with Crippen LogP contribution in [0.3, 0.4) is 0 Å². The summed E-state index contributed by atoms with van der Waals surface area (Å²) in [6.07, 6.45) is 5.73. The van der Waals surface area contributed by atoms with Crippen LogP contribution in [-0.2, 0) is 16.1 Å². The maximum Gasteiger partial charge on any atom is 0.307 e. The number of nitrogens with one attached hydrogen (secondary N) is 1. The van der Waals surface area contributed by atoms with Crippen molar-refractivity contribution >= 4 is 11.9 Å². The molecule has 0 heterocycles. The van der Waals surface area contributed by atoms with E-state index in [1.165, 1.54) is 0 Å². The number of hydrogen-bond donors (Lipinski definition) is 2. The van der Waals surface area contributed by atoms with E-state index in [1.54, 1.807) is 7.11 Å². The third-order valence-electron chi connectivity index (χ3n) is 4.98. The minimum Gasteiger partial charge on any atom is -0.496 e. The molecule has 1 saturated carbocycles. The van der Waals surface area contributed by atoms with Crippen LogP contribution in [0.5, 0.6) is 5.75 Å². The Morgan fingerprint density at radius 2 is 1.83 bits per heavy atom. The number of rotatable bonds is 5. The van der Waals surface area contributed by atoms with Crippen molar-refractivity contribution < 1.29 is 19.4 Å². The van der Waals surface area contributed by atoms with Gasteiger partial charge in [-0.3, -0.25) is 9.59 Å². The Morgan fingerprint density at radius 3 is 2.43 bits per heavy atom. The van der Waals surface area contributed by atoms with E-state index in [9.17, 15) is 14.7 Å². The fraction of sp³-hybridized carbons (Fsp3) is 0.444. The number of fused-ring (bicyclic) bond motifs is 2. The third kappa shape index (κ3) is 2.96. The van der Waals surface area contributed by atoms with Crippen LogP contribution in [0.1, 0.15) is 18.4 Å². The summed E-state index contributed by atoms with van der Waals surface area (Å²) in [5.41, 5.74) is 0.881. The molecule has 3 aliphatic carbocycles. The first-order valence-electron chi connectivity index (χ1n) is 7.92. The van der Waals surface area contributed by atoms with Gasteiger partial charge in [-0.1, -0.05) is 30.4 Å². The highest BCUT2D eigenvalue weighted by atomic mass is 16.5. The number of carbonyl (C=O) groups excluding carboxylic acids is 1. The zero-order valence-corrected chi connectivity index (χ0v) is 13.1. The van der Waals surface area contributed by atoms with Gasteiger partial charge >= 0.3 is 5.97 Å². The minimum absolute atomic E-state index is 0.0266. The third-order valence-corrected chi connectivity index (χ3v) is 4.98. The maximum atomic E-state index is 12.6. The number of benzene rings is 1. The molecular formula is C18H21NO4. The largest absolute Gasteiger partial charge is 0.496 e. The zero-order chi connectivity index (χ0) is 16.4. The Morgan fingerprint density at radius 1 is 1.17 bits per heavy atom. The standard InChI is InChI=1S/C18H21NO4/c1-23-14-5-3-2-4-13(14)10-19-17(20)15-11-6-8-12(9-7-11)16(15)18(21)22/h2-6,8,11-12,15-16H,7,9-10H2,1H3,(H,19,20)(H,21,22)/t11-,12-,15+,16+/m0/s1. The summed E-state index contributed by atoms with van der Waals surface area (Å²) < 4.78 is 5.28. The van der Waals surface area contributed by atoms with Crippen LogP contribution in [0, 0.1) is 23.7 Å². The topological polar surface area (TPSA) is 75.6 Å². The lowest BCUT2D eigenvalue weighted by atomic mass is 9.62. The van der Waals surface area contributed by atoms with Gasteiger partial charge in [0.05, 0.1) is 18.9 Å². The predicted molar refractivity (Wildman–Crippen MR) is 84.8 cm³/mol. The SMILES string of the molecule is COc1ccccc1CNC(=O)[C@H]1[C@H](C(=O)O)[C@H]2C=C[C@H]1CC2. The lowest BCUT2D eigenvalue weighted by Gasteiger charge is -2.41. The van der Waals surface area contributed by atoms with Crippen molar-refractivity contribution in [3.63, 3.8) is 0 Å². The van der Waals surface area contributed by atoms with E-state index in [-0.39, 0.29) is 17.7 Å². The molecule has 4 rings (SSSR count). The lowest BCUT2D eigenvalue weighted by Crippen LogP contribution is -2.48. The molecule has 5 heteroatoms. The molecule has 4 atom stereocenters. The smallest absolute Gasteiger partial charge is 0.307 e. The van der Waals surface area contributed by atoms with Crippen molar-refractivity contribution in [2.75, 3.05) is 7.11 Å². The van der Waals surface area contributed by atoms with Crippen molar-refractivity contribution in [1.29, 1.82) is 0 Å². The Balaban J connectivity index is 1.72. The van der Waals surface area contributed by atoms with Gasteiger partial charge in [0.15, 0.2) is 0 Å². The van der Waals surface area contributed by atoms with E-state index in [1.807, 2.05) is 36.4 Å². The number of methoxy groups -OCH3 is 1. The molecule has 0 aliphatic heterocycles. The maximum absolute atomic E-state index is 12.6. The van der Waals surface area contributed by atoms with Gasteiger partial charge in [0.25, 0.3) is 0 Å². The summed E-state index contributed by atoms with van der Waals surface area (Å²) >= 11 is 0. The summed E-state index contributed by atoms with van der Waals surface area (Å²) in [7, 11) is 1.59. The van der Waals surface area contributed by atoms with E-state index in [4.69, 9.17) is 4.74 Å². The fourth-order valence-corrected chi connectivity index (χ4v) is 3.84. The summed E-state index contributed by atoms with van der Waals surface area (Å²) in [6, 6.07) is 7.48. The summed E-state index contributed by atoms with van der Waals surface area (Å²) in [5.74, 6) is -1.43. The predicted octanol–water partition coefficient (Wildman–Crippen LogP) is 2.22. The molecule has 2 N–H and O–H groups in total. The van der Waals surface area contributed by atoms with Gasteiger partial charge in [-0.15, -0.1) is 0 Å². The van der Waals surface area contributed by atoms with Crippen LogP contribution in [0.15, 0.2) is 36.4 Å². The summed E-state index contributed by atoms with van der Waals surface area (Å²) in [4.78, 5) is 24.2. The minimum atomic E-state index is -0.874. The second kappa shape index (κ2) is 6.44. The first-order valence-corrected chi connectivity index (χ1v) is 7.92. The van der Waals surface area contributed by atoms with Crippen molar-refractivity contribution in [2.45, 2.75) is 19.4 Å². The van der Waals surface area contributed by atoms with Crippen molar-refractivity contribution in [1.82, 2.24) is 5.32 Å². The van der Waals surface area contributed by atoms with Gasteiger partial charge in [0.1, 0.15) is 5.75 Å². The summed E-state index contributed by atoms with van der Waals surface area (Å²) in [6.45, 7) is 0.340. The van der Waals surface area contributed by atoms with Crippen LogP contribution < -0.4 is 10.1 Å². The fourth-order valence-electron chi connectivity index (χ4n) is 3.84. The molecule has 3 aliphatic rings. The van der Waals surface area contributed by atoms with Crippen LogP contribution in [0.2, 0.25) is 0 Å². The molecule has 122 valence electrons.